The summed E-state index contributed by atoms with van der Waals surface area (Å²) in [5.74, 6) is -1.21. The number of nitrogens with zero attached hydrogens (tertiary/aromatic N) is 1. The number of hydrogen-bond acceptors (Lipinski definition) is 7. The predicted octanol–water partition coefficient (Wildman–Crippen LogP) is 3.64. The third kappa shape index (κ3) is 4.55. The highest BCUT2D eigenvalue weighted by atomic mass is 32.2. The van der Waals surface area contributed by atoms with Crippen molar-refractivity contribution >= 4 is 49.6 Å². The van der Waals surface area contributed by atoms with Crippen LogP contribution >= 0.6 is 22.7 Å². The number of amides is 1. The van der Waals surface area contributed by atoms with Gasteiger partial charge in [0.2, 0.25) is 5.91 Å². The molecule has 0 aromatic carbocycles. The molecule has 0 spiro atoms. The summed E-state index contributed by atoms with van der Waals surface area (Å²) in [5, 5.41) is 5.03. The molecule has 0 saturated carbocycles. The molecule has 0 aliphatic carbocycles. The van der Waals surface area contributed by atoms with Crippen LogP contribution in [0.4, 0.5) is 5.00 Å². The number of ether oxygens (including phenoxy) is 1. The molecule has 1 atom stereocenters. The molecule has 0 unspecified atom stereocenters. The smallest absolute Gasteiger partial charge is 0.341 e. The molecule has 1 fully saturated rings. The summed E-state index contributed by atoms with van der Waals surface area (Å²) < 4.78 is 32.4. The molecule has 2 aromatic heterocycles. The molecule has 3 rings (SSSR count). The first-order valence-corrected chi connectivity index (χ1v) is 12.5. The van der Waals surface area contributed by atoms with Crippen LogP contribution in [0.1, 0.15) is 40.6 Å². The van der Waals surface area contributed by atoms with Crippen molar-refractivity contribution in [2.75, 3.05) is 25.0 Å². The summed E-state index contributed by atoms with van der Waals surface area (Å²) in [6.07, 6.45) is 1.20. The van der Waals surface area contributed by atoms with Gasteiger partial charge in [-0.1, -0.05) is 6.07 Å². The predicted molar refractivity (Wildman–Crippen MR) is 114 cm³/mol. The van der Waals surface area contributed by atoms with Gasteiger partial charge in [0.25, 0.3) is 10.0 Å². The van der Waals surface area contributed by atoms with Crippen molar-refractivity contribution < 1.29 is 22.7 Å². The number of hydrogen-bond donors (Lipinski definition) is 1. The monoisotopic (exact) mass is 456 g/mol. The van der Waals surface area contributed by atoms with E-state index in [0.717, 1.165) is 10.4 Å². The summed E-state index contributed by atoms with van der Waals surface area (Å²) in [6.45, 7) is 6.21. The molecular formula is C19H24N2O5S3. The lowest BCUT2D eigenvalue weighted by Gasteiger charge is -2.30. The zero-order valence-corrected chi connectivity index (χ0v) is 19.0. The molecule has 1 amide bonds. The van der Waals surface area contributed by atoms with Gasteiger partial charge in [0, 0.05) is 18.0 Å². The number of esters is 1. The van der Waals surface area contributed by atoms with Crippen LogP contribution in [-0.2, 0) is 19.6 Å². The third-order valence-corrected chi connectivity index (χ3v) is 9.31. The number of aryl methyl sites for hydroxylation is 1. The Balaban J connectivity index is 1.76. The van der Waals surface area contributed by atoms with E-state index >= 15 is 0 Å². The minimum atomic E-state index is -3.59. The molecule has 1 aliphatic rings. The maximum Gasteiger partial charge on any atom is 0.341 e. The summed E-state index contributed by atoms with van der Waals surface area (Å²) in [5.41, 5.74) is 1.16. The molecule has 10 heteroatoms. The first kappa shape index (κ1) is 21.9. The minimum absolute atomic E-state index is 0.129. The van der Waals surface area contributed by atoms with E-state index < -0.39 is 21.9 Å². The molecule has 1 saturated heterocycles. The average Bonchev–Trinajstić information content (AvgIpc) is 3.32. The van der Waals surface area contributed by atoms with E-state index in [4.69, 9.17) is 4.74 Å². The van der Waals surface area contributed by atoms with Gasteiger partial charge >= 0.3 is 5.97 Å². The van der Waals surface area contributed by atoms with Crippen molar-refractivity contribution in [2.45, 2.75) is 37.8 Å². The van der Waals surface area contributed by atoms with Gasteiger partial charge in [-0.2, -0.15) is 4.31 Å². The van der Waals surface area contributed by atoms with Crippen LogP contribution in [-0.4, -0.2) is 44.3 Å². The number of thiophene rings is 2. The van der Waals surface area contributed by atoms with Crippen molar-refractivity contribution in [3.8, 4) is 0 Å². The number of nitrogens with one attached hydrogen (secondary N) is 1. The summed E-state index contributed by atoms with van der Waals surface area (Å²) in [4.78, 5) is 26.1. The van der Waals surface area contributed by atoms with Crippen molar-refractivity contribution in [2.24, 2.45) is 5.92 Å². The van der Waals surface area contributed by atoms with E-state index in [1.807, 2.05) is 13.8 Å². The largest absolute Gasteiger partial charge is 0.462 e. The summed E-state index contributed by atoms with van der Waals surface area (Å²) in [6, 6.07) is 3.27. The van der Waals surface area contributed by atoms with Gasteiger partial charge in [-0.05, 0) is 50.6 Å². The number of rotatable bonds is 6. The number of carbonyl (C=O) groups is 2. The first-order chi connectivity index (χ1) is 13.8. The van der Waals surface area contributed by atoms with Gasteiger partial charge in [-0.25, -0.2) is 13.2 Å². The Morgan fingerprint density at radius 1 is 1.34 bits per heavy atom. The zero-order valence-electron chi connectivity index (χ0n) is 16.6. The van der Waals surface area contributed by atoms with E-state index in [1.54, 1.807) is 24.4 Å². The summed E-state index contributed by atoms with van der Waals surface area (Å²) >= 11 is 2.50. The second kappa shape index (κ2) is 8.95. The maximum absolute atomic E-state index is 12.9. The quantitative estimate of drug-likeness (QED) is 0.670. The van der Waals surface area contributed by atoms with E-state index in [1.165, 1.54) is 27.0 Å². The fourth-order valence-corrected chi connectivity index (χ4v) is 7.01. The molecule has 29 heavy (non-hydrogen) atoms. The van der Waals surface area contributed by atoms with Crippen LogP contribution in [0.25, 0.3) is 0 Å². The standard InChI is InChI=1S/C19H24N2O5S3/c1-4-26-19(23)16-12(2)13(3)28-18(16)20-17(22)14-7-5-9-21(11-14)29(24,25)15-8-6-10-27-15/h6,8,10,14H,4-5,7,9,11H2,1-3H3,(H,20,22)/t14-/m1/s1. The fraction of sp³-hybridized carbons (Fsp3) is 0.474. The number of anilines is 1. The van der Waals surface area contributed by atoms with Crippen LogP contribution in [0, 0.1) is 19.8 Å². The number of carbonyl (C=O) groups excluding carboxylic acids is 2. The van der Waals surface area contributed by atoms with Gasteiger partial charge < -0.3 is 10.1 Å². The first-order valence-electron chi connectivity index (χ1n) is 9.37. The SMILES string of the molecule is CCOC(=O)c1c(NC(=O)[C@@H]2CCCN(S(=O)(=O)c3cccs3)C2)sc(C)c1C. The van der Waals surface area contributed by atoms with Crippen LogP contribution in [0.3, 0.4) is 0 Å². The van der Waals surface area contributed by atoms with Crippen molar-refractivity contribution in [3.63, 3.8) is 0 Å². The lowest BCUT2D eigenvalue weighted by molar-refractivity contribution is -0.120. The van der Waals surface area contributed by atoms with E-state index in [-0.39, 0.29) is 23.3 Å². The van der Waals surface area contributed by atoms with Crippen molar-refractivity contribution in [3.05, 3.63) is 33.5 Å². The third-order valence-electron chi connectivity index (χ3n) is 4.95. The maximum atomic E-state index is 12.9. The molecule has 7 nitrogen and oxygen atoms in total. The van der Waals surface area contributed by atoms with Gasteiger partial charge in [0.05, 0.1) is 18.1 Å². The zero-order chi connectivity index (χ0) is 21.2. The van der Waals surface area contributed by atoms with Crippen LogP contribution in [0.15, 0.2) is 21.7 Å². The lowest BCUT2D eigenvalue weighted by atomic mass is 9.99. The molecular weight excluding hydrogens is 432 g/mol. The minimum Gasteiger partial charge on any atom is -0.462 e. The Hall–Kier alpha value is -1.75. The highest BCUT2D eigenvalue weighted by molar-refractivity contribution is 7.91. The average molecular weight is 457 g/mol. The van der Waals surface area contributed by atoms with Crippen LogP contribution in [0.5, 0.6) is 0 Å². The number of piperidine rings is 1. The molecule has 0 bridgehead atoms. The van der Waals surface area contributed by atoms with Crippen molar-refractivity contribution in [1.29, 1.82) is 0 Å². The molecule has 158 valence electrons. The molecule has 1 aliphatic heterocycles. The van der Waals surface area contributed by atoms with E-state index in [0.29, 0.717) is 30.0 Å². The molecule has 2 aromatic rings. The van der Waals surface area contributed by atoms with Gasteiger partial charge in [0.15, 0.2) is 0 Å². The van der Waals surface area contributed by atoms with E-state index in [2.05, 4.69) is 5.32 Å². The molecule has 3 heterocycles. The Morgan fingerprint density at radius 3 is 2.76 bits per heavy atom. The normalized spacial score (nSPS) is 17.8. The van der Waals surface area contributed by atoms with Crippen LogP contribution in [0.2, 0.25) is 0 Å². The van der Waals surface area contributed by atoms with Crippen molar-refractivity contribution in [1.82, 2.24) is 4.31 Å². The van der Waals surface area contributed by atoms with Gasteiger partial charge in [0.1, 0.15) is 9.21 Å². The second-order valence-corrected chi connectivity index (χ2v) is 11.2. The highest BCUT2D eigenvalue weighted by Crippen LogP contribution is 2.34. The van der Waals surface area contributed by atoms with Gasteiger partial charge in [-0.3, -0.25) is 4.79 Å². The molecule has 1 N–H and O–H groups in total. The molecule has 0 radical (unpaired) electrons. The topological polar surface area (TPSA) is 92.8 Å². The Morgan fingerprint density at radius 2 is 2.10 bits per heavy atom. The lowest BCUT2D eigenvalue weighted by Crippen LogP contribution is -2.43. The Labute approximate surface area is 178 Å². The summed E-state index contributed by atoms with van der Waals surface area (Å²) in [7, 11) is -3.59. The fourth-order valence-electron chi connectivity index (χ4n) is 3.29. The Kier molecular flexibility index (Phi) is 6.77. The Bertz CT molecular complexity index is 995. The van der Waals surface area contributed by atoms with Gasteiger partial charge in [-0.15, -0.1) is 22.7 Å². The highest BCUT2D eigenvalue weighted by Gasteiger charge is 2.34. The number of sulfonamides is 1. The van der Waals surface area contributed by atoms with E-state index in [9.17, 15) is 18.0 Å². The van der Waals surface area contributed by atoms with Crippen LogP contribution < -0.4 is 5.32 Å². The second-order valence-electron chi connectivity index (χ2n) is 6.83.